The Morgan fingerprint density at radius 1 is 1.22 bits per heavy atom. The minimum Gasteiger partial charge on any atom is -0.330 e. The number of nitrogens with two attached hydrogens (primary N) is 1. The zero-order valence-corrected chi connectivity index (χ0v) is 12.5. The van der Waals surface area contributed by atoms with Crippen LogP contribution in [0.2, 0.25) is 4.34 Å². The molecule has 0 aliphatic heterocycles. The Morgan fingerprint density at radius 2 is 1.94 bits per heavy atom. The molecular weight excluding hydrogens is 264 g/mol. The Labute approximate surface area is 119 Å². The molecule has 0 saturated heterocycles. The third kappa shape index (κ3) is 3.95. The van der Waals surface area contributed by atoms with Gasteiger partial charge in [0.25, 0.3) is 0 Å². The summed E-state index contributed by atoms with van der Waals surface area (Å²) >= 11 is 7.59. The van der Waals surface area contributed by atoms with E-state index in [4.69, 9.17) is 17.3 Å². The van der Waals surface area contributed by atoms with E-state index >= 15 is 0 Å². The number of hydrogen-bond acceptors (Lipinski definition) is 3. The zero-order valence-electron chi connectivity index (χ0n) is 10.9. The van der Waals surface area contributed by atoms with E-state index in [0.29, 0.717) is 5.41 Å². The second-order valence-corrected chi connectivity index (χ2v) is 7.23. The van der Waals surface area contributed by atoms with E-state index in [1.807, 2.05) is 6.07 Å². The lowest BCUT2D eigenvalue weighted by atomic mass is 9.80. The Kier molecular flexibility index (Phi) is 5.49. The van der Waals surface area contributed by atoms with Gasteiger partial charge in [0.1, 0.15) is 0 Å². The Balaban J connectivity index is 1.82. The summed E-state index contributed by atoms with van der Waals surface area (Å²) in [6.07, 6.45) is 7.99. The molecule has 18 heavy (non-hydrogen) atoms. The van der Waals surface area contributed by atoms with Crippen LogP contribution in [-0.2, 0) is 6.54 Å². The van der Waals surface area contributed by atoms with Crippen LogP contribution in [0.15, 0.2) is 12.1 Å². The quantitative estimate of drug-likeness (QED) is 0.808. The molecule has 2 nitrogen and oxygen atoms in total. The summed E-state index contributed by atoms with van der Waals surface area (Å²) in [6, 6.07) is 4.07. The van der Waals surface area contributed by atoms with Gasteiger partial charge in [-0.15, -0.1) is 11.3 Å². The second kappa shape index (κ2) is 6.90. The van der Waals surface area contributed by atoms with Crippen molar-refractivity contribution < 1.29 is 0 Å². The molecular formula is C14H23ClN2S. The van der Waals surface area contributed by atoms with Gasteiger partial charge in [0.05, 0.1) is 4.34 Å². The topological polar surface area (TPSA) is 38.0 Å². The maximum absolute atomic E-state index is 6.03. The summed E-state index contributed by atoms with van der Waals surface area (Å²) in [6.45, 7) is 2.77. The van der Waals surface area contributed by atoms with Gasteiger partial charge in [-0.25, -0.2) is 0 Å². The van der Waals surface area contributed by atoms with Gasteiger partial charge in [-0.1, -0.05) is 37.3 Å². The van der Waals surface area contributed by atoms with Crippen LogP contribution in [0.25, 0.3) is 0 Å². The van der Waals surface area contributed by atoms with E-state index < -0.39 is 0 Å². The van der Waals surface area contributed by atoms with Crippen LogP contribution >= 0.6 is 22.9 Å². The van der Waals surface area contributed by atoms with Crippen LogP contribution in [0.5, 0.6) is 0 Å². The smallest absolute Gasteiger partial charge is 0.0931 e. The highest BCUT2D eigenvalue weighted by atomic mass is 35.5. The normalized spacial score (nSPS) is 19.7. The molecule has 0 atom stereocenters. The number of nitrogens with one attached hydrogen (secondary N) is 1. The Morgan fingerprint density at radius 3 is 2.50 bits per heavy atom. The number of halogens is 1. The van der Waals surface area contributed by atoms with Crippen molar-refractivity contribution in [3.05, 3.63) is 21.3 Å². The van der Waals surface area contributed by atoms with Gasteiger partial charge in [-0.3, -0.25) is 0 Å². The highest BCUT2D eigenvalue weighted by Crippen LogP contribution is 2.33. The van der Waals surface area contributed by atoms with Crippen molar-refractivity contribution in [3.8, 4) is 0 Å². The van der Waals surface area contributed by atoms with Crippen molar-refractivity contribution in [2.45, 2.75) is 45.1 Å². The van der Waals surface area contributed by atoms with Crippen LogP contribution in [0.3, 0.4) is 0 Å². The van der Waals surface area contributed by atoms with Gasteiger partial charge in [-0.05, 0) is 36.9 Å². The first-order chi connectivity index (χ1) is 8.74. The predicted octanol–water partition coefficient (Wildman–Crippen LogP) is 3.79. The summed E-state index contributed by atoms with van der Waals surface area (Å²) in [5, 5.41) is 3.58. The largest absolute Gasteiger partial charge is 0.330 e. The molecule has 1 aliphatic carbocycles. The average molecular weight is 287 g/mol. The SMILES string of the molecule is NCC1(CNCc2ccc(Cl)s2)CCCCCC1. The van der Waals surface area contributed by atoms with Crippen molar-refractivity contribution in [2.24, 2.45) is 11.1 Å². The molecule has 3 N–H and O–H groups in total. The van der Waals surface area contributed by atoms with Crippen LogP contribution in [0, 0.1) is 5.41 Å². The van der Waals surface area contributed by atoms with Crippen molar-refractivity contribution in [2.75, 3.05) is 13.1 Å². The van der Waals surface area contributed by atoms with Gasteiger partial charge in [0.15, 0.2) is 0 Å². The molecule has 1 saturated carbocycles. The van der Waals surface area contributed by atoms with Crippen LogP contribution in [0.4, 0.5) is 0 Å². The van der Waals surface area contributed by atoms with Crippen molar-refractivity contribution in [3.63, 3.8) is 0 Å². The van der Waals surface area contributed by atoms with E-state index in [1.165, 1.54) is 43.4 Å². The molecule has 1 aromatic heterocycles. The monoisotopic (exact) mass is 286 g/mol. The summed E-state index contributed by atoms with van der Waals surface area (Å²) in [4.78, 5) is 1.31. The zero-order chi connectivity index (χ0) is 12.8. The molecule has 2 rings (SSSR count). The third-order valence-corrected chi connectivity index (χ3v) is 5.26. The fourth-order valence-electron chi connectivity index (χ4n) is 2.83. The lowest BCUT2D eigenvalue weighted by Crippen LogP contribution is -2.39. The van der Waals surface area contributed by atoms with Crippen molar-refractivity contribution in [1.82, 2.24) is 5.32 Å². The first kappa shape index (κ1) is 14.3. The summed E-state index contributed by atoms with van der Waals surface area (Å²) < 4.78 is 0.870. The molecule has 0 unspecified atom stereocenters. The van der Waals surface area contributed by atoms with E-state index in [9.17, 15) is 0 Å². The molecule has 4 heteroatoms. The van der Waals surface area contributed by atoms with E-state index in [1.54, 1.807) is 11.3 Å². The standard InChI is InChI=1S/C14H23ClN2S/c15-13-6-5-12(18-13)9-17-11-14(10-16)7-3-1-2-4-8-14/h5-6,17H,1-4,7-11,16H2. The summed E-state index contributed by atoms with van der Waals surface area (Å²) in [5.74, 6) is 0. The average Bonchev–Trinajstić information content (AvgIpc) is 2.65. The first-order valence-electron chi connectivity index (χ1n) is 6.89. The number of rotatable bonds is 5. The Bertz CT molecular complexity index is 356. The fraction of sp³-hybridized carbons (Fsp3) is 0.714. The molecule has 102 valence electrons. The molecule has 0 bridgehead atoms. The lowest BCUT2D eigenvalue weighted by molar-refractivity contribution is 0.242. The third-order valence-electron chi connectivity index (χ3n) is 4.03. The van der Waals surface area contributed by atoms with Gasteiger partial charge in [0, 0.05) is 18.0 Å². The lowest BCUT2D eigenvalue weighted by Gasteiger charge is -2.31. The number of hydrogen-bond donors (Lipinski definition) is 2. The van der Waals surface area contributed by atoms with Gasteiger partial charge in [-0.2, -0.15) is 0 Å². The van der Waals surface area contributed by atoms with Gasteiger partial charge < -0.3 is 11.1 Å². The molecule has 0 amide bonds. The van der Waals surface area contributed by atoms with Crippen LogP contribution < -0.4 is 11.1 Å². The minimum absolute atomic E-state index is 0.331. The Hall–Kier alpha value is -0.0900. The summed E-state index contributed by atoms with van der Waals surface area (Å²) in [7, 11) is 0. The molecule has 1 aliphatic rings. The first-order valence-corrected chi connectivity index (χ1v) is 8.09. The van der Waals surface area contributed by atoms with Gasteiger partial charge >= 0.3 is 0 Å². The van der Waals surface area contributed by atoms with E-state index in [0.717, 1.165) is 24.0 Å². The molecule has 0 radical (unpaired) electrons. The van der Waals surface area contributed by atoms with E-state index in [2.05, 4.69) is 11.4 Å². The fourth-order valence-corrected chi connectivity index (χ4v) is 3.89. The summed E-state index contributed by atoms with van der Waals surface area (Å²) in [5.41, 5.74) is 6.36. The molecule has 1 aromatic rings. The second-order valence-electron chi connectivity index (χ2n) is 5.43. The minimum atomic E-state index is 0.331. The van der Waals surface area contributed by atoms with Gasteiger partial charge in [0.2, 0.25) is 0 Å². The number of thiophene rings is 1. The van der Waals surface area contributed by atoms with Crippen LogP contribution in [-0.4, -0.2) is 13.1 Å². The maximum Gasteiger partial charge on any atom is 0.0931 e. The van der Waals surface area contributed by atoms with Crippen molar-refractivity contribution >= 4 is 22.9 Å². The van der Waals surface area contributed by atoms with Crippen LogP contribution in [0.1, 0.15) is 43.4 Å². The van der Waals surface area contributed by atoms with E-state index in [-0.39, 0.29) is 0 Å². The molecule has 1 fully saturated rings. The molecule has 1 heterocycles. The molecule has 0 spiro atoms. The highest BCUT2D eigenvalue weighted by molar-refractivity contribution is 7.16. The molecule has 0 aromatic carbocycles. The predicted molar refractivity (Wildman–Crippen MR) is 80.2 cm³/mol. The maximum atomic E-state index is 6.03. The van der Waals surface area contributed by atoms with Crippen molar-refractivity contribution in [1.29, 1.82) is 0 Å². The highest BCUT2D eigenvalue weighted by Gasteiger charge is 2.28.